The Balaban J connectivity index is 2.19. The molecule has 1 aliphatic rings. The zero-order valence-corrected chi connectivity index (χ0v) is 10.4. The van der Waals surface area contributed by atoms with Crippen LogP contribution in [0.1, 0.15) is 40.0 Å². The van der Waals surface area contributed by atoms with Crippen LogP contribution in [0.15, 0.2) is 0 Å². The summed E-state index contributed by atoms with van der Waals surface area (Å²) < 4.78 is 11.1. The van der Waals surface area contributed by atoms with Gasteiger partial charge in [0.15, 0.2) is 6.29 Å². The Morgan fingerprint density at radius 3 is 2.40 bits per heavy atom. The summed E-state index contributed by atoms with van der Waals surface area (Å²) in [5.41, 5.74) is 0. The van der Waals surface area contributed by atoms with Crippen molar-refractivity contribution in [2.75, 3.05) is 26.3 Å². The van der Waals surface area contributed by atoms with Crippen molar-refractivity contribution >= 4 is 0 Å². The lowest BCUT2D eigenvalue weighted by atomic mass is 10.2. The molecule has 3 heteroatoms. The van der Waals surface area contributed by atoms with E-state index in [-0.39, 0.29) is 6.29 Å². The number of nitrogens with zero attached hydrogens (tertiary/aromatic N) is 1. The van der Waals surface area contributed by atoms with Crippen LogP contribution in [0.5, 0.6) is 0 Å². The first-order chi connectivity index (χ1) is 7.24. The fourth-order valence-electron chi connectivity index (χ4n) is 1.89. The summed E-state index contributed by atoms with van der Waals surface area (Å²) in [6.45, 7) is 10.7. The SMILES string of the molecule is CCCN(CCC1OCCCO1)C(C)C. The molecule has 1 saturated heterocycles. The second-order valence-electron chi connectivity index (χ2n) is 4.44. The van der Waals surface area contributed by atoms with Crippen molar-refractivity contribution < 1.29 is 9.47 Å². The van der Waals surface area contributed by atoms with E-state index in [0.29, 0.717) is 6.04 Å². The van der Waals surface area contributed by atoms with Gasteiger partial charge < -0.3 is 14.4 Å². The molecule has 0 atom stereocenters. The number of hydrogen-bond donors (Lipinski definition) is 0. The van der Waals surface area contributed by atoms with Gasteiger partial charge in [-0.2, -0.15) is 0 Å². The highest BCUT2D eigenvalue weighted by molar-refractivity contribution is 4.64. The van der Waals surface area contributed by atoms with Crippen molar-refractivity contribution in [3.05, 3.63) is 0 Å². The Hall–Kier alpha value is -0.120. The van der Waals surface area contributed by atoms with E-state index in [2.05, 4.69) is 25.7 Å². The maximum absolute atomic E-state index is 5.54. The third kappa shape index (κ3) is 4.96. The largest absolute Gasteiger partial charge is 0.353 e. The van der Waals surface area contributed by atoms with Gasteiger partial charge in [-0.15, -0.1) is 0 Å². The molecular weight excluding hydrogens is 190 g/mol. The third-order valence-electron chi connectivity index (χ3n) is 2.79. The minimum Gasteiger partial charge on any atom is -0.353 e. The molecule has 0 aromatic rings. The molecule has 0 aromatic heterocycles. The summed E-state index contributed by atoms with van der Waals surface area (Å²) in [7, 11) is 0. The van der Waals surface area contributed by atoms with Crippen LogP contribution in [0.3, 0.4) is 0 Å². The van der Waals surface area contributed by atoms with Crippen molar-refractivity contribution in [2.24, 2.45) is 0 Å². The molecule has 0 bridgehead atoms. The summed E-state index contributed by atoms with van der Waals surface area (Å²) in [5.74, 6) is 0. The lowest BCUT2D eigenvalue weighted by molar-refractivity contribution is -0.183. The van der Waals surface area contributed by atoms with Crippen LogP contribution in [0.25, 0.3) is 0 Å². The van der Waals surface area contributed by atoms with Crippen LogP contribution in [0.4, 0.5) is 0 Å². The van der Waals surface area contributed by atoms with E-state index in [1.165, 1.54) is 13.0 Å². The van der Waals surface area contributed by atoms with E-state index in [9.17, 15) is 0 Å². The molecule has 0 aromatic carbocycles. The van der Waals surface area contributed by atoms with Gasteiger partial charge in [0.05, 0.1) is 13.2 Å². The van der Waals surface area contributed by atoms with Gasteiger partial charge in [-0.05, 0) is 33.2 Å². The highest BCUT2D eigenvalue weighted by atomic mass is 16.7. The molecule has 0 unspecified atom stereocenters. The Morgan fingerprint density at radius 1 is 1.20 bits per heavy atom. The molecule has 3 nitrogen and oxygen atoms in total. The lowest BCUT2D eigenvalue weighted by Crippen LogP contribution is -2.36. The smallest absolute Gasteiger partial charge is 0.158 e. The molecule has 1 heterocycles. The van der Waals surface area contributed by atoms with Crippen molar-refractivity contribution in [1.82, 2.24) is 4.90 Å². The van der Waals surface area contributed by atoms with E-state index in [1.54, 1.807) is 0 Å². The van der Waals surface area contributed by atoms with E-state index in [0.717, 1.165) is 32.6 Å². The van der Waals surface area contributed by atoms with Gasteiger partial charge >= 0.3 is 0 Å². The summed E-state index contributed by atoms with van der Waals surface area (Å²) in [6, 6.07) is 0.619. The zero-order chi connectivity index (χ0) is 11.1. The fourth-order valence-corrected chi connectivity index (χ4v) is 1.89. The minimum absolute atomic E-state index is 0.0388. The summed E-state index contributed by atoms with van der Waals surface area (Å²) >= 11 is 0. The molecule has 1 rings (SSSR count). The van der Waals surface area contributed by atoms with Crippen LogP contribution < -0.4 is 0 Å². The summed E-state index contributed by atoms with van der Waals surface area (Å²) in [5, 5.41) is 0. The van der Waals surface area contributed by atoms with Crippen LogP contribution >= 0.6 is 0 Å². The highest BCUT2D eigenvalue weighted by Crippen LogP contribution is 2.10. The number of rotatable bonds is 6. The molecule has 1 aliphatic heterocycles. The molecule has 15 heavy (non-hydrogen) atoms. The van der Waals surface area contributed by atoms with Gasteiger partial charge in [-0.25, -0.2) is 0 Å². The van der Waals surface area contributed by atoms with Gasteiger partial charge in [0.1, 0.15) is 0 Å². The number of ether oxygens (including phenoxy) is 2. The molecule has 1 fully saturated rings. The molecule has 0 radical (unpaired) electrons. The second-order valence-corrected chi connectivity index (χ2v) is 4.44. The van der Waals surface area contributed by atoms with E-state index < -0.39 is 0 Å². The van der Waals surface area contributed by atoms with Crippen LogP contribution in [0.2, 0.25) is 0 Å². The Labute approximate surface area is 93.7 Å². The third-order valence-corrected chi connectivity index (χ3v) is 2.79. The molecular formula is C12H25NO2. The van der Waals surface area contributed by atoms with Gasteiger partial charge in [0.2, 0.25) is 0 Å². The molecule has 90 valence electrons. The fraction of sp³-hybridized carbons (Fsp3) is 1.00. The quantitative estimate of drug-likeness (QED) is 0.678. The predicted octanol–water partition coefficient (Wildman–Crippen LogP) is 2.26. The molecule has 0 N–H and O–H groups in total. The van der Waals surface area contributed by atoms with Crippen molar-refractivity contribution in [2.45, 2.75) is 52.4 Å². The van der Waals surface area contributed by atoms with Crippen LogP contribution in [0, 0.1) is 0 Å². The van der Waals surface area contributed by atoms with Gasteiger partial charge in [0.25, 0.3) is 0 Å². The highest BCUT2D eigenvalue weighted by Gasteiger charge is 2.16. The molecule has 0 spiro atoms. The lowest BCUT2D eigenvalue weighted by Gasteiger charge is -2.29. The van der Waals surface area contributed by atoms with Crippen LogP contribution in [-0.2, 0) is 9.47 Å². The summed E-state index contributed by atoms with van der Waals surface area (Å²) in [4.78, 5) is 2.49. The van der Waals surface area contributed by atoms with E-state index in [4.69, 9.17) is 9.47 Å². The predicted molar refractivity (Wildman–Crippen MR) is 61.9 cm³/mol. The number of hydrogen-bond acceptors (Lipinski definition) is 3. The average Bonchev–Trinajstić information content (AvgIpc) is 2.25. The van der Waals surface area contributed by atoms with Gasteiger partial charge in [-0.3, -0.25) is 0 Å². The first-order valence-corrected chi connectivity index (χ1v) is 6.21. The topological polar surface area (TPSA) is 21.7 Å². The Bertz CT molecular complexity index is 156. The maximum atomic E-state index is 5.54. The zero-order valence-electron chi connectivity index (χ0n) is 10.4. The van der Waals surface area contributed by atoms with Crippen molar-refractivity contribution in [1.29, 1.82) is 0 Å². The second kappa shape index (κ2) is 7.20. The molecule has 0 saturated carbocycles. The molecule has 0 amide bonds. The van der Waals surface area contributed by atoms with Gasteiger partial charge in [0, 0.05) is 19.0 Å². The summed E-state index contributed by atoms with van der Waals surface area (Å²) in [6.07, 6.45) is 3.29. The average molecular weight is 215 g/mol. The van der Waals surface area contributed by atoms with Crippen molar-refractivity contribution in [3.8, 4) is 0 Å². The first-order valence-electron chi connectivity index (χ1n) is 6.21. The van der Waals surface area contributed by atoms with Crippen molar-refractivity contribution in [3.63, 3.8) is 0 Å². The van der Waals surface area contributed by atoms with Crippen LogP contribution in [-0.4, -0.2) is 43.5 Å². The Morgan fingerprint density at radius 2 is 1.87 bits per heavy atom. The van der Waals surface area contributed by atoms with E-state index >= 15 is 0 Å². The first kappa shape index (κ1) is 12.9. The van der Waals surface area contributed by atoms with E-state index in [1.807, 2.05) is 0 Å². The maximum Gasteiger partial charge on any atom is 0.158 e. The monoisotopic (exact) mass is 215 g/mol. The standard InChI is InChI=1S/C12H25NO2/c1-4-7-13(11(2)3)8-6-12-14-9-5-10-15-12/h11-12H,4-10H2,1-3H3. The minimum atomic E-state index is 0.0388. The Kier molecular flexibility index (Phi) is 6.22. The normalized spacial score (nSPS) is 19.0. The van der Waals surface area contributed by atoms with Gasteiger partial charge in [-0.1, -0.05) is 6.92 Å². The molecule has 0 aliphatic carbocycles.